The van der Waals surface area contributed by atoms with Crippen molar-refractivity contribution < 1.29 is 9.53 Å². The van der Waals surface area contributed by atoms with Crippen molar-refractivity contribution in [2.24, 2.45) is 11.7 Å². The molecule has 2 atom stereocenters. The van der Waals surface area contributed by atoms with Gasteiger partial charge in [-0.2, -0.15) is 0 Å². The minimum Gasteiger partial charge on any atom is -0.444 e. The third kappa shape index (κ3) is 3.70. The van der Waals surface area contributed by atoms with Crippen LogP contribution in [0.3, 0.4) is 0 Å². The number of carbonyl (C=O) groups excluding carboxylic acids is 1. The summed E-state index contributed by atoms with van der Waals surface area (Å²) in [6.07, 6.45) is 0.640. The molecule has 0 aromatic rings. The van der Waals surface area contributed by atoms with E-state index in [1.807, 2.05) is 20.8 Å². The highest BCUT2D eigenvalue weighted by atomic mass is 16.6. The second-order valence-electron chi connectivity index (χ2n) is 5.36. The van der Waals surface area contributed by atoms with Gasteiger partial charge in [0, 0.05) is 19.1 Å². The molecular formula is C11H22N2O2. The molecular weight excluding hydrogens is 192 g/mol. The number of likely N-dealkylation sites (tertiary alicyclic amines) is 1. The number of nitrogens with two attached hydrogens (primary N) is 1. The number of hydrogen-bond acceptors (Lipinski definition) is 3. The Hall–Kier alpha value is -0.770. The van der Waals surface area contributed by atoms with Crippen molar-refractivity contribution in [1.82, 2.24) is 4.90 Å². The van der Waals surface area contributed by atoms with Gasteiger partial charge in [0.1, 0.15) is 5.60 Å². The maximum absolute atomic E-state index is 11.7. The number of piperidine rings is 1. The average Bonchev–Trinajstić information content (AvgIpc) is 2.06. The molecule has 4 heteroatoms. The Balaban J connectivity index is 2.48. The summed E-state index contributed by atoms with van der Waals surface area (Å²) in [6, 6.07) is 0.212. The monoisotopic (exact) mass is 214 g/mol. The molecule has 0 aromatic carbocycles. The second-order valence-corrected chi connectivity index (χ2v) is 5.36. The lowest BCUT2D eigenvalue weighted by Crippen LogP contribution is -2.49. The molecule has 0 saturated carbocycles. The number of ether oxygens (including phenoxy) is 1. The van der Waals surface area contributed by atoms with E-state index in [0.29, 0.717) is 19.0 Å². The number of rotatable bonds is 0. The largest absolute Gasteiger partial charge is 0.444 e. The number of hydrogen-bond donors (Lipinski definition) is 1. The van der Waals surface area contributed by atoms with Gasteiger partial charge in [-0.3, -0.25) is 0 Å². The molecule has 1 aliphatic rings. The van der Waals surface area contributed by atoms with Crippen LogP contribution in [-0.2, 0) is 4.74 Å². The molecule has 0 radical (unpaired) electrons. The van der Waals surface area contributed by atoms with Crippen LogP contribution in [0.15, 0.2) is 0 Å². The molecule has 1 aliphatic heterocycles. The first-order chi connectivity index (χ1) is 6.79. The quantitative estimate of drug-likeness (QED) is 0.666. The van der Waals surface area contributed by atoms with Crippen molar-refractivity contribution in [3.05, 3.63) is 0 Å². The standard InChI is InChI=1S/C11H22N2O2/c1-8-7-13(6-5-9(8)12)10(14)15-11(2,3)4/h8-9H,5-7,12H2,1-4H3. The molecule has 1 rings (SSSR count). The Morgan fingerprint density at radius 1 is 1.47 bits per heavy atom. The molecule has 0 aliphatic carbocycles. The highest BCUT2D eigenvalue weighted by molar-refractivity contribution is 5.68. The molecule has 0 aromatic heterocycles. The number of amides is 1. The van der Waals surface area contributed by atoms with Crippen LogP contribution in [-0.4, -0.2) is 35.7 Å². The summed E-state index contributed by atoms with van der Waals surface area (Å²) in [7, 11) is 0. The van der Waals surface area contributed by atoms with E-state index in [0.717, 1.165) is 6.42 Å². The van der Waals surface area contributed by atoms with E-state index in [9.17, 15) is 4.79 Å². The summed E-state index contributed by atoms with van der Waals surface area (Å²) in [5.41, 5.74) is 5.47. The lowest BCUT2D eigenvalue weighted by molar-refractivity contribution is 0.0158. The van der Waals surface area contributed by atoms with E-state index in [1.54, 1.807) is 4.90 Å². The predicted molar refractivity (Wildman–Crippen MR) is 59.6 cm³/mol. The van der Waals surface area contributed by atoms with E-state index in [2.05, 4.69) is 6.92 Å². The van der Waals surface area contributed by atoms with E-state index in [1.165, 1.54) is 0 Å². The maximum Gasteiger partial charge on any atom is 0.410 e. The van der Waals surface area contributed by atoms with Gasteiger partial charge < -0.3 is 15.4 Å². The Morgan fingerprint density at radius 2 is 2.07 bits per heavy atom. The van der Waals surface area contributed by atoms with Crippen LogP contribution in [0.4, 0.5) is 4.79 Å². The fourth-order valence-electron chi connectivity index (χ4n) is 1.66. The fraction of sp³-hybridized carbons (Fsp3) is 0.909. The van der Waals surface area contributed by atoms with Gasteiger partial charge in [-0.05, 0) is 33.1 Å². The van der Waals surface area contributed by atoms with Gasteiger partial charge in [-0.15, -0.1) is 0 Å². The van der Waals surface area contributed by atoms with E-state index in [-0.39, 0.29) is 12.1 Å². The third-order valence-electron chi connectivity index (χ3n) is 2.62. The Labute approximate surface area is 91.8 Å². The first kappa shape index (κ1) is 12.3. The van der Waals surface area contributed by atoms with Gasteiger partial charge in [-0.25, -0.2) is 4.79 Å². The van der Waals surface area contributed by atoms with Crippen molar-refractivity contribution >= 4 is 6.09 Å². The zero-order chi connectivity index (χ0) is 11.6. The second kappa shape index (κ2) is 4.39. The molecule has 1 fully saturated rings. The Morgan fingerprint density at radius 3 is 2.53 bits per heavy atom. The van der Waals surface area contributed by atoms with Crippen LogP contribution < -0.4 is 5.73 Å². The summed E-state index contributed by atoms with van der Waals surface area (Å²) < 4.78 is 5.31. The van der Waals surface area contributed by atoms with Crippen LogP contribution >= 0.6 is 0 Å². The summed E-state index contributed by atoms with van der Waals surface area (Å²) in [5.74, 6) is 0.353. The van der Waals surface area contributed by atoms with Gasteiger partial charge in [0.25, 0.3) is 0 Å². The molecule has 0 spiro atoms. The highest BCUT2D eigenvalue weighted by Crippen LogP contribution is 2.17. The lowest BCUT2D eigenvalue weighted by Gasteiger charge is -2.35. The molecule has 88 valence electrons. The third-order valence-corrected chi connectivity index (χ3v) is 2.62. The molecule has 1 amide bonds. The lowest BCUT2D eigenvalue weighted by atomic mass is 9.95. The maximum atomic E-state index is 11.7. The Kier molecular flexibility index (Phi) is 3.60. The fourth-order valence-corrected chi connectivity index (χ4v) is 1.66. The molecule has 0 bridgehead atoms. The summed E-state index contributed by atoms with van der Waals surface area (Å²) >= 11 is 0. The smallest absolute Gasteiger partial charge is 0.410 e. The van der Waals surface area contributed by atoms with Crippen molar-refractivity contribution in [3.63, 3.8) is 0 Å². The molecule has 2 N–H and O–H groups in total. The minimum absolute atomic E-state index is 0.212. The van der Waals surface area contributed by atoms with Crippen LogP contribution in [0.5, 0.6) is 0 Å². The zero-order valence-electron chi connectivity index (χ0n) is 10.1. The molecule has 4 nitrogen and oxygen atoms in total. The van der Waals surface area contributed by atoms with Crippen LogP contribution in [0.25, 0.3) is 0 Å². The Bertz CT molecular complexity index is 235. The first-order valence-electron chi connectivity index (χ1n) is 5.53. The van der Waals surface area contributed by atoms with Crippen LogP contribution in [0.1, 0.15) is 34.1 Å². The van der Waals surface area contributed by atoms with Gasteiger partial charge >= 0.3 is 6.09 Å². The highest BCUT2D eigenvalue weighted by Gasteiger charge is 2.29. The van der Waals surface area contributed by atoms with Gasteiger partial charge in [-0.1, -0.05) is 6.92 Å². The van der Waals surface area contributed by atoms with E-state index in [4.69, 9.17) is 10.5 Å². The normalized spacial score (nSPS) is 27.7. The molecule has 2 unspecified atom stereocenters. The number of carbonyl (C=O) groups is 1. The van der Waals surface area contributed by atoms with E-state index < -0.39 is 5.60 Å². The summed E-state index contributed by atoms with van der Waals surface area (Å²) in [4.78, 5) is 13.5. The van der Waals surface area contributed by atoms with Crippen molar-refractivity contribution in [3.8, 4) is 0 Å². The van der Waals surface area contributed by atoms with Gasteiger partial charge in [0.2, 0.25) is 0 Å². The van der Waals surface area contributed by atoms with Gasteiger partial charge in [0.15, 0.2) is 0 Å². The molecule has 1 heterocycles. The molecule has 15 heavy (non-hydrogen) atoms. The van der Waals surface area contributed by atoms with Crippen LogP contribution in [0.2, 0.25) is 0 Å². The zero-order valence-corrected chi connectivity index (χ0v) is 10.1. The SMILES string of the molecule is CC1CN(C(=O)OC(C)(C)C)CCC1N. The number of nitrogens with zero attached hydrogens (tertiary/aromatic N) is 1. The molecule has 1 saturated heterocycles. The van der Waals surface area contributed by atoms with Crippen molar-refractivity contribution in [2.45, 2.75) is 45.8 Å². The first-order valence-corrected chi connectivity index (χ1v) is 5.53. The minimum atomic E-state index is -0.417. The topological polar surface area (TPSA) is 55.6 Å². The van der Waals surface area contributed by atoms with Crippen LogP contribution in [0, 0.1) is 5.92 Å². The van der Waals surface area contributed by atoms with Crippen molar-refractivity contribution in [2.75, 3.05) is 13.1 Å². The summed E-state index contributed by atoms with van der Waals surface area (Å²) in [6.45, 7) is 9.12. The van der Waals surface area contributed by atoms with Crippen molar-refractivity contribution in [1.29, 1.82) is 0 Å². The predicted octanol–water partition coefficient (Wildman–Crippen LogP) is 1.59. The van der Waals surface area contributed by atoms with E-state index >= 15 is 0 Å². The summed E-state index contributed by atoms with van der Waals surface area (Å²) in [5, 5.41) is 0. The van der Waals surface area contributed by atoms with Gasteiger partial charge in [0.05, 0.1) is 0 Å². The average molecular weight is 214 g/mol.